The summed E-state index contributed by atoms with van der Waals surface area (Å²) < 4.78 is 9.70. The largest absolute Gasteiger partial charge is 0.468 e. The van der Waals surface area contributed by atoms with Crippen LogP contribution < -0.4 is 10.6 Å². The zero-order chi connectivity index (χ0) is 14.2. The van der Waals surface area contributed by atoms with E-state index in [-0.39, 0.29) is 12.0 Å². The van der Waals surface area contributed by atoms with Crippen LogP contribution in [0.15, 0.2) is 0 Å². The highest BCUT2D eigenvalue weighted by molar-refractivity contribution is 5.75. The zero-order valence-electron chi connectivity index (χ0n) is 11.8. The summed E-state index contributed by atoms with van der Waals surface area (Å²) in [6, 6.07) is -0.338. The van der Waals surface area contributed by atoms with E-state index in [2.05, 4.69) is 15.4 Å². The third kappa shape index (κ3) is 7.89. The highest BCUT2D eigenvalue weighted by Crippen LogP contribution is 2.05. The summed E-state index contributed by atoms with van der Waals surface area (Å²) in [4.78, 5) is 22.6. The molecule has 2 N–H and O–H groups in total. The maximum Gasteiger partial charge on any atom is 0.407 e. The summed E-state index contributed by atoms with van der Waals surface area (Å²) in [5, 5.41) is 5.59. The number of amides is 1. The molecule has 1 amide bonds. The van der Waals surface area contributed by atoms with Crippen molar-refractivity contribution in [2.45, 2.75) is 45.8 Å². The fourth-order valence-corrected chi connectivity index (χ4v) is 1.26. The lowest BCUT2D eigenvalue weighted by atomic mass is 10.2. The van der Waals surface area contributed by atoms with E-state index in [1.54, 1.807) is 20.8 Å². The van der Waals surface area contributed by atoms with Crippen LogP contribution in [0.5, 0.6) is 0 Å². The van der Waals surface area contributed by atoms with Gasteiger partial charge in [-0.15, -0.1) is 0 Å². The van der Waals surface area contributed by atoms with Crippen molar-refractivity contribution in [2.24, 2.45) is 0 Å². The first-order valence-electron chi connectivity index (χ1n) is 6.08. The molecule has 0 fully saturated rings. The molecular formula is C12H24N2O4. The van der Waals surface area contributed by atoms with Crippen LogP contribution in [0.2, 0.25) is 0 Å². The van der Waals surface area contributed by atoms with Gasteiger partial charge < -0.3 is 20.1 Å². The first-order chi connectivity index (χ1) is 8.30. The van der Waals surface area contributed by atoms with Gasteiger partial charge in [0.1, 0.15) is 11.6 Å². The Bertz CT molecular complexity index is 274. The quantitative estimate of drug-likeness (QED) is 0.551. The van der Waals surface area contributed by atoms with Gasteiger partial charge in [-0.2, -0.15) is 0 Å². The van der Waals surface area contributed by atoms with Gasteiger partial charge in [-0.1, -0.05) is 6.92 Å². The van der Waals surface area contributed by atoms with Gasteiger partial charge in [0.05, 0.1) is 7.11 Å². The molecule has 0 radical (unpaired) electrons. The monoisotopic (exact) mass is 260 g/mol. The lowest BCUT2D eigenvalue weighted by molar-refractivity contribution is -0.143. The van der Waals surface area contributed by atoms with Crippen LogP contribution in [0, 0.1) is 0 Å². The number of alkyl carbamates (subject to hydrolysis) is 1. The Kier molecular flexibility index (Phi) is 7.35. The van der Waals surface area contributed by atoms with E-state index in [4.69, 9.17) is 4.74 Å². The van der Waals surface area contributed by atoms with E-state index in [1.165, 1.54) is 7.11 Å². The van der Waals surface area contributed by atoms with Crippen LogP contribution in [0.3, 0.4) is 0 Å². The molecule has 6 nitrogen and oxygen atoms in total. The van der Waals surface area contributed by atoms with Gasteiger partial charge >= 0.3 is 12.1 Å². The minimum absolute atomic E-state index is 0.297. The van der Waals surface area contributed by atoms with E-state index in [0.717, 1.165) is 0 Å². The van der Waals surface area contributed by atoms with Gasteiger partial charge in [-0.05, 0) is 27.2 Å². The topological polar surface area (TPSA) is 76.7 Å². The van der Waals surface area contributed by atoms with Crippen LogP contribution in [0.25, 0.3) is 0 Å². The number of carbonyl (C=O) groups is 2. The maximum absolute atomic E-state index is 11.3. The molecule has 0 rings (SSSR count). The number of nitrogens with one attached hydrogen (secondary N) is 2. The summed E-state index contributed by atoms with van der Waals surface area (Å²) in [5.41, 5.74) is -0.504. The average Bonchev–Trinajstić information content (AvgIpc) is 2.26. The molecule has 0 aromatic carbocycles. The van der Waals surface area contributed by atoms with Crippen molar-refractivity contribution in [1.29, 1.82) is 0 Å². The third-order valence-corrected chi connectivity index (χ3v) is 2.08. The Morgan fingerprint density at radius 3 is 2.28 bits per heavy atom. The molecule has 0 heterocycles. The second kappa shape index (κ2) is 7.92. The van der Waals surface area contributed by atoms with Crippen molar-refractivity contribution in [1.82, 2.24) is 10.6 Å². The Labute approximate surface area is 108 Å². The van der Waals surface area contributed by atoms with E-state index in [1.807, 2.05) is 6.92 Å². The van der Waals surface area contributed by atoms with Crippen LogP contribution in [-0.2, 0) is 14.3 Å². The summed E-state index contributed by atoms with van der Waals surface area (Å²) in [7, 11) is 1.35. The second-order valence-corrected chi connectivity index (χ2v) is 4.87. The van der Waals surface area contributed by atoms with E-state index in [0.29, 0.717) is 19.5 Å². The second-order valence-electron chi connectivity index (χ2n) is 4.87. The first kappa shape index (κ1) is 16.7. The van der Waals surface area contributed by atoms with Gasteiger partial charge in [-0.25, -0.2) is 4.79 Å². The minimum Gasteiger partial charge on any atom is -0.468 e. The lowest BCUT2D eigenvalue weighted by Crippen LogP contribution is -2.42. The van der Waals surface area contributed by atoms with Crippen molar-refractivity contribution in [3.05, 3.63) is 0 Å². The molecule has 0 saturated carbocycles. The molecule has 0 aliphatic carbocycles. The Morgan fingerprint density at radius 2 is 1.83 bits per heavy atom. The van der Waals surface area contributed by atoms with Gasteiger partial charge in [0.15, 0.2) is 0 Å². The van der Waals surface area contributed by atoms with Crippen molar-refractivity contribution < 1.29 is 19.1 Å². The van der Waals surface area contributed by atoms with Gasteiger partial charge in [0, 0.05) is 13.1 Å². The molecule has 0 aliphatic rings. The Morgan fingerprint density at radius 1 is 1.22 bits per heavy atom. The van der Waals surface area contributed by atoms with E-state index in [9.17, 15) is 9.59 Å². The van der Waals surface area contributed by atoms with Crippen molar-refractivity contribution >= 4 is 12.1 Å². The molecule has 0 bridgehead atoms. The van der Waals surface area contributed by atoms with E-state index >= 15 is 0 Å². The molecule has 0 aliphatic heterocycles. The number of carbonyl (C=O) groups excluding carboxylic acids is 2. The number of rotatable bonds is 6. The number of ether oxygens (including phenoxy) is 2. The van der Waals surface area contributed by atoms with Crippen molar-refractivity contribution in [3.8, 4) is 0 Å². The average molecular weight is 260 g/mol. The molecule has 106 valence electrons. The van der Waals surface area contributed by atoms with Gasteiger partial charge in [-0.3, -0.25) is 4.79 Å². The van der Waals surface area contributed by atoms with E-state index < -0.39 is 11.7 Å². The lowest BCUT2D eigenvalue weighted by Gasteiger charge is -2.20. The van der Waals surface area contributed by atoms with Crippen LogP contribution in [0.1, 0.15) is 34.1 Å². The molecule has 0 aromatic heterocycles. The highest BCUT2D eigenvalue weighted by Gasteiger charge is 2.17. The Hall–Kier alpha value is -1.30. The fraction of sp³-hybridized carbons (Fsp3) is 0.833. The molecule has 0 saturated heterocycles. The molecular weight excluding hydrogens is 236 g/mol. The highest BCUT2D eigenvalue weighted by atomic mass is 16.6. The van der Waals surface area contributed by atoms with Crippen LogP contribution in [-0.4, -0.2) is 43.9 Å². The summed E-state index contributed by atoms with van der Waals surface area (Å²) in [6.07, 6.45) is 0.175. The third-order valence-electron chi connectivity index (χ3n) is 2.08. The van der Waals surface area contributed by atoms with Crippen molar-refractivity contribution in [2.75, 3.05) is 20.2 Å². The van der Waals surface area contributed by atoms with Crippen LogP contribution in [0.4, 0.5) is 4.79 Å². The minimum atomic E-state index is -0.504. The number of esters is 1. The first-order valence-corrected chi connectivity index (χ1v) is 6.08. The predicted molar refractivity (Wildman–Crippen MR) is 68.3 cm³/mol. The summed E-state index contributed by atoms with van der Waals surface area (Å²) >= 11 is 0. The summed E-state index contributed by atoms with van der Waals surface area (Å²) in [5.74, 6) is -0.297. The fourth-order valence-electron chi connectivity index (χ4n) is 1.26. The van der Waals surface area contributed by atoms with Crippen molar-refractivity contribution in [3.63, 3.8) is 0 Å². The molecule has 18 heavy (non-hydrogen) atoms. The number of hydrogen-bond donors (Lipinski definition) is 2. The normalized spacial score (nSPS) is 12.7. The summed E-state index contributed by atoms with van der Waals surface area (Å²) in [6.45, 7) is 8.16. The molecule has 6 heteroatoms. The van der Waals surface area contributed by atoms with Gasteiger partial charge in [0.2, 0.25) is 0 Å². The standard InChI is InChI=1S/C12H24N2O4/c1-6-9(10(15)17-5)13-7-8-14-11(16)18-12(2,3)4/h9,13H,6-8H2,1-5H3,(H,14,16). The SMILES string of the molecule is CCC(NCCNC(=O)OC(C)(C)C)C(=O)OC. The van der Waals surface area contributed by atoms with Crippen LogP contribution >= 0.6 is 0 Å². The molecule has 0 spiro atoms. The number of hydrogen-bond acceptors (Lipinski definition) is 5. The number of methoxy groups -OCH3 is 1. The maximum atomic E-state index is 11.3. The predicted octanol–water partition coefficient (Wildman–Crippen LogP) is 1.05. The zero-order valence-corrected chi connectivity index (χ0v) is 11.8. The molecule has 1 atom stereocenters. The van der Waals surface area contributed by atoms with Gasteiger partial charge in [0.25, 0.3) is 0 Å². The Balaban J connectivity index is 3.79. The molecule has 0 aromatic rings. The molecule has 1 unspecified atom stereocenters. The smallest absolute Gasteiger partial charge is 0.407 e.